The summed E-state index contributed by atoms with van der Waals surface area (Å²) in [6, 6.07) is 5.76. The largest absolute Gasteiger partial charge is 0.357 e. The van der Waals surface area contributed by atoms with Crippen LogP contribution in [0.15, 0.2) is 18.2 Å². The number of rotatable bonds is 4. The molecular formula is C15H23N3O. The first kappa shape index (κ1) is 13.8. The quantitative estimate of drug-likeness (QED) is 0.835. The second kappa shape index (κ2) is 6.55. The fourth-order valence-electron chi connectivity index (χ4n) is 2.51. The van der Waals surface area contributed by atoms with Crippen molar-refractivity contribution >= 4 is 11.7 Å². The van der Waals surface area contributed by atoms with Crippen LogP contribution < -0.4 is 4.90 Å². The third-order valence-corrected chi connectivity index (χ3v) is 3.68. The molecule has 0 spiro atoms. The molecule has 0 N–H and O–H groups in total. The Morgan fingerprint density at radius 1 is 1.21 bits per heavy atom. The first-order valence-electron chi connectivity index (χ1n) is 7.27. The maximum Gasteiger partial charge on any atom is 0.272 e. The van der Waals surface area contributed by atoms with Crippen LogP contribution in [0.2, 0.25) is 0 Å². The van der Waals surface area contributed by atoms with Gasteiger partial charge in [-0.15, -0.1) is 0 Å². The normalized spacial score (nSPS) is 15.4. The van der Waals surface area contributed by atoms with Gasteiger partial charge in [0.15, 0.2) is 0 Å². The van der Waals surface area contributed by atoms with E-state index in [-0.39, 0.29) is 5.91 Å². The molecule has 1 saturated heterocycles. The Morgan fingerprint density at radius 3 is 2.53 bits per heavy atom. The van der Waals surface area contributed by atoms with Gasteiger partial charge in [-0.1, -0.05) is 6.07 Å². The van der Waals surface area contributed by atoms with E-state index in [0.717, 1.165) is 32.0 Å². The number of aromatic nitrogens is 1. The number of pyridine rings is 1. The molecule has 1 fully saturated rings. The van der Waals surface area contributed by atoms with E-state index in [1.807, 2.05) is 36.9 Å². The van der Waals surface area contributed by atoms with Crippen LogP contribution in [-0.2, 0) is 0 Å². The van der Waals surface area contributed by atoms with Gasteiger partial charge >= 0.3 is 0 Å². The van der Waals surface area contributed by atoms with Crippen molar-refractivity contribution in [1.82, 2.24) is 9.88 Å². The Bertz CT molecular complexity index is 423. The van der Waals surface area contributed by atoms with Crippen LogP contribution in [0.3, 0.4) is 0 Å². The molecule has 19 heavy (non-hydrogen) atoms. The molecule has 1 amide bonds. The number of nitrogens with zero attached hydrogens (tertiary/aromatic N) is 3. The lowest BCUT2D eigenvalue weighted by molar-refractivity contribution is 0.0767. The first-order chi connectivity index (χ1) is 9.26. The van der Waals surface area contributed by atoms with Crippen molar-refractivity contribution < 1.29 is 4.79 Å². The standard InChI is InChI=1S/C15H23N3O/c1-3-17(4-2)15(19)13-9-8-10-14(16-13)18-11-6-5-7-12-18/h8-10H,3-7,11-12H2,1-2H3. The van der Waals surface area contributed by atoms with Gasteiger partial charge in [-0.05, 0) is 45.2 Å². The minimum Gasteiger partial charge on any atom is -0.357 e. The van der Waals surface area contributed by atoms with E-state index >= 15 is 0 Å². The van der Waals surface area contributed by atoms with Crippen molar-refractivity contribution in [3.63, 3.8) is 0 Å². The van der Waals surface area contributed by atoms with Gasteiger partial charge in [0.1, 0.15) is 11.5 Å². The number of piperidine rings is 1. The molecule has 0 unspecified atom stereocenters. The monoisotopic (exact) mass is 261 g/mol. The Labute approximate surface area is 115 Å². The summed E-state index contributed by atoms with van der Waals surface area (Å²) in [5.41, 5.74) is 0.562. The lowest BCUT2D eigenvalue weighted by Gasteiger charge is -2.28. The number of carbonyl (C=O) groups excluding carboxylic acids is 1. The van der Waals surface area contributed by atoms with Crippen molar-refractivity contribution in [1.29, 1.82) is 0 Å². The Kier molecular flexibility index (Phi) is 4.77. The highest BCUT2D eigenvalue weighted by molar-refractivity contribution is 5.92. The second-order valence-corrected chi connectivity index (χ2v) is 4.91. The molecule has 4 heteroatoms. The molecule has 0 radical (unpaired) electrons. The van der Waals surface area contributed by atoms with E-state index in [9.17, 15) is 4.79 Å². The number of carbonyl (C=O) groups is 1. The summed E-state index contributed by atoms with van der Waals surface area (Å²) in [5.74, 6) is 0.974. The highest BCUT2D eigenvalue weighted by atomic mass is 16.2. The van der Waals surface area contributed by atoms with Crippen LogP contribution in [-0.4, -0.2) is 42.0 Å². The zero-order valence-electron chi connectivity index (χ0n) is 11.9. The second-order valence-electron chi connectivity index (χ2n) is 4.91. The average molecular weight is 261 g/mol. The van der Waals surface area contributed by atoms with Gasteiger partial charge in [-0.2, -0.15) is 0 Å². The number of anilines is 1. The SMILES string of the molecule is CCN(CC)C(=O)c1cccc(N2CCCCC2)n1. The van der Waals surface area contributed by atoms with E-state index in [1.54, 1.807) is 0 Å². The van der Waals surface area contributed by atoms with Gasteiger partial charge in [0.25, 0.3) is 5.91 Å². The van der Waals surface area contributed by atoms with Gasteiger partial charge in [-0.25, -0.2) is 4.98 Å². The summed E-state index contributed by atoms with van der Waals surface area (Å²) in [6.45, 7) is 7.55. The molecule has 2 rings (SSSR count). The molecule has 4 nitrogen and oxygen atoms in total. The molecule has 104 valence electrons. The molecule has 0 bridgehead atoms. The molecule has 0 saturated carbocycles. The van der Waals surface area contributed by atoms with Crippen LogP contribution in [0.4, 0.5) is 5.82 Å². The van der Waals surface area contributed by atoms with Crippen LogP contribution in [0.5, 0.6) is 0 Å². The van der Waals surface area contributed by atoms with E-state index in [4.69, 9.17) is 0 Å². The minimum absolute atomic E-state index is 0.0314. The topological polar surface area (TPSA) is 36.4 Å². The minimum atomic E-state index is 0.0314. The summed E-state index contributed by atoms with van der Waals surface area (Å²) in [5, 5.41) is 0. The molecule has 1 aromatic rings. The molecule has 1 aliphatic rings. The van der Waals surface area contributed by atoms with Gasteiger partial charge < -0.3 is 9.80 Å². The summed E-state index contributed by atoms with van der Waals surface area (Å²) in [6.07, 6.45) is 3.74. The fraction of sp³-hybridized carbons (Fsp3) is 0.600. The van der Waals surface area contributed by atoms with E-state index in [0.29, 0.717) is 5.69 Å². The molecule has 0 aliphatic carbocycles. The van der Waals surface area contributed by atoms with Crippen LogP contribution in [0.25, 0.3) is 0 Å². The van der Waals surface area contributed by atoms with Crippen LogP contribution >= 0.6 is 0 Å². The van der Waals surface area contributed by atoms with Crippen molar-refractivity contribution in [2.45, 2.75) is 33.1 Å². The first-order valence-corrected chi connectivity index (χ1v) is 7.27. The van der Waals surface area contributed by atoms with Gasteiger partial charge in [0.2, 0.25) is 0 Å². The predicted molar refractivity (Wildman–Crippen MR) is 77.6 cm³/mol. The Morgan fingerprint density at radius 2 is 1.89 bits per heavy atom. The molecule has 0 aromatic carbocycles. The number of hydrogen-bond acceptors (Lipinski definition) is 3. The van der Waals surface area contributed by atoms with Crippen LogP contribution in [0, 0.1) is 0 Å². The third-order valence-electron chi connectivity index (χ3n) is 3.68. The molecule has 1 aromatic heterocycles. The Hall–Kier alpha value is -1.58. The highest BCUT2D eigenvalue weighted by Crippen LogP contribution is 2.18. The number of hydrogen-bond donors (Lipinski definition) is 0. The average Bonchev–Trinajstić information content (AvgIpc) is 2.49. The van der Waals surface area contributed by atoms with Crippen molar-refractivity contribution in [3.8, 4) is 0 Å². The predicted octanol–water partition coefficient (Wildman–Crippen LogP) is 2.55. The zero-order valence-corrected chi connectivity index (χ0v) is 11.9. The summed E-state index contributed by atoms with van der Waals surface area (Å²) < 4.78 is 0. The summed E-state index contributed by atoms with van der Waals surface area (Å²) in [4.78, 5) is 20.9. The summed E-state index contributed by atoms with van der Waals surface area (Å²) >= 11 is 0. The van der Waals surface area contributed by atoms with E-state index < -0.39 is 0 Å². The smallest absolute Gasteiger partial charge is 0.272 e. The van der Waals surface area contributed by atoms with E-state index in [1.165, 1.54) is 19.3 Å². The van der Waals surface area contributed by atoms with Gasteiger partial charge in [0, 0.05) is 26.2 Å². The zero-order chi connectivity index (χ0) is 13.7. The van der Waals surface area contributed by atoms with Crippen LogP contribution in [0.1, 0.15) is 43.6 Å². The third kappa shape index (κ3) is 3.25. The van der Waals surface area contributed by atoms with Gasteiger partial charge in [0.05, 0.1) is 0 Å². The van der Waals surface area contributed by atoms with Crippen molar-refractivity contribution in [2.24, 2.45) is 0 Å². The Balaban J connectivity index is 2.16. The fourth-order valence-corrected chi connectivity index (χ4v) is 2.51. The molecule has 0 atom stereocenters. The van der Waals surface area contributed by atoms with Crippen molar-refractivity contribution in [3.05, 3.63) is 23.9 Å². The lowest BCUT2D eigenvalue weighted by Crippen LogP contribution is -2.33. The molecule has 1 aliphatic heterocycles. The van der Waals surface area contributed by atoms with E-state index in [2.05, 4.69) is 9.88 Å². The lowest BCUT2D eigenvalue weighted by atomic mass is 10.1. The maximum atomic E-state index is 12.3. The number of amides is 1. The molecular weight excluding hydrogens is 238 g/mol. The van der Waals surface area contributed by atoms with Crippen molar-refractivity contribution in [2.75, 3.05) is 31.1 Å². The molecule has 2 heterocycles. The van der Waals surface area contributed by atoms with Gasteiger partial charge in [-0.3, -0.25) is 4.79 Å². The highest BCUT2D eigenvalue weighted by Gasteiger charge is 2.17. The maximum absolute atomic E-state index is 12.3. The summed E-state index contributed by atoms with van der Waals surface area (Å²) in [7, 11) is 0.